The van der Waals surface area contributed by atoms with Gasteiger partial charge in [0.2, 0.25) is 10.0 Å². The highest BCUT2D eigenvalue weighted by Crippen LogP contribution is 2.22. The van der Waals surface area contributed by atoms with Gasteiger partial charge in [0.05, 0.1) is 16.5 Å². The quantitative estimate of drug-likeness (QED) is 0.884. The van der Waals surface area contributed by atoms with Crippen LogP contribution in [0.15, 0.2) is 23.1 Å². The van der Waals surface area contributed by atoms with Gasteiger partial charge in [-0.05, 0) is 38.5 Å². The van der Waals surface area contributed by atoms with E-state index in [0.717, 1.165) is 4.31 Å². The largest absolute Gasteiger partial charge is 0.480 e. The van der Waals surface area contributed by atoms with Crippen molar-refractivity contribution >= 4 is 16.0 Å². The van der Waals surface area contributed by atoms with Crippen LogP contribution in [-0.4, -0.2) is 36.4 Å². The van der Waals surface area contributed by atoms with Crippen LogP contribution >= 0.6 is 0 Å². The molecule has 7 heteroatoms. The van der Waals surface area contributed by atoms with Crippen molar-refractivity contribution in [1.82, 2.24) is 4.31 Å². The van der Waals surface area contributed by atoms with Gasteiger partial charge in [-0.25, -0.2) is 8.42 Å². The molecule has 0 aromatic heterocycles. The van der Waals surface area contributed by atoms with Crippen molar-refractivity contribution in [3.63, 3.8) is 0 Å². The van der Waals surface area contributed by atoms with Gasteiger partial charge >= 0.3 is 5.97 Å². The van der Waals surface area contributed by atoms with Crippen molar-refractivity contribution in [1.29, 1.82) is 5.26 Å². The molecule has 1 aromatic rings. The Balaban J connectivity index is 3.41. The molecule has 0 aliphatic heterocycles. The number of hydrogen-bond acceptors (Lipinski definition) is 4. The number of carboxylic acid groups (broad SMARTS) is 1. The van der Waals surface area contributed by atoms with Gasteiger partial charge < -0.3 is 5.11 Å². The number of sulfonamides is 1. The third-order valence-electron chi connectivity index (χ3n) is 2.77. The summed E-state index contributed by atoms with van der Waals surface area (Å²) >= 11 is 0. The smallest absolute Gasteiger partial charge is 0.318 e. The van der Waals surface area contributed by atoms with E-state index in [2.05, 4.69) is 0 Å². The van der Waals surface area contributed by atoms with Crippen LogP contribution in [0.1, 0.15) is 25.0 Å². The minimum Gasteiger partial charge on any atom is -0.480 e. The predicted molar refractivity (Wildman–Crippen MR) is 72.6 cm³/mol. The third-order valence-corrected chi connectivity index (χ3v) is 4.93. The zero-order chi connectivity index (χ0) is 15.5. The molecule has 0 fully saturated rings. The lowest BCUT2D eigenvalue weighted by molar-refractivity contribution is -0.137. The molecular formula is C13H16N2O4S. The second kappa shape index (κ2) is 6.03. The predicted octanol–water partition coefficient (Wildman–Crippen LogP) is 1.35. The second-order valence-electron chi connectivity index (χ2n) is 4.63. The van der Waals surface area contributed by atoms with E-state index in [0.29, 0.717) is 5.56 Å². The minimum atomic E-state index is -3.96. The SMILES string of the molecule is Cc1ccc(C#N)cc1S(=O)(=O)N(CC(=O)O)C(C)C. The summed E-state index contributed by atoms with van der Waals surface area (Å²) in [6, 6.07) is 5.69. The lowest BCUT2D eigenvalue weighted by Gasteiger charge is -2.25. The summed E-state index contributed by atoms with van der Waals surface area (Å²) in [5.74, 6) is -1.23. The van der Waals surface area contributed by atoms with Gasteiger partial charge in [-0.3, -0.25) is 4.79 Å². The number of rotatable bonds is 5. The molecule has 0 amide bonds. The Labute approximate surface area is 118 Å². The van der Waals surface area contributed by atoms with Gasteiger partial charge in [-0.2, -0.15) is 9.57 Å². The molecule has 1 N–H and O–H groups in total. The van der Waals surface area contributed by atoms with Crippen LogP contribution < -0.4 is 0 Å². The Kier molecular flexibility index (Phi) is 4.87. The Morgan fingerprint density at radius 2 is 2.05 bits per heavy atom. The van der Waals surface area contributed by atoms with E-state index in [1.165, 1.54) is 18.2 Å². The summed E-state index contributed by atoms with van der Waals surface area (Å²) in [5, 5.41) is 17.7. The molecular weight excluding hydrogens is 280 g/mol. The van der Waals surface area contributed by atoms with Crippen LogP contribution in [0.25, 0.3) is 0 Å². The number of nitrogens with zero attached hydrogens (tertiary/aromatic N) is 2. The standard InChI is InChI=1S/C13H16N2O4S/c1-9(2)15(8-13(16)17)20(18,19)12-6-11(7-14)5-4-10(12)3/h4-6,9H,8H2,1-3H3,(H,16,17). The van der Waals surface area contributed by atoms with Crippen molar-refractivity contribution in [2.45, 2.75) is 31.7 Å². The van der Waals surface area contributed by atoms with Crippen LogP contribution in [-0.2, 0) is 14.8 Å². The van der Waals surface area contributed by atoms with E-state index in [4.69, 9.17) is 10.4 Å². The van der Waals surface area contributed by atoms with Crippen LogP contribution in [0, 0.1) is 18.3 Å². The molecule has 0 spiro atoms. The van der Waals surface area contributed by atoms with Crippen molar-refractivity contribution < 1.29 is 18.3 Å². The normalized spacial score (nSPS) is 11.6. The monoisotopic (exact) mass is 296 g/mol. The van der Waals surface area contributed by atoms with Crippen LogP contribution in [0.4, 0.5) is 0 Å². The van der Waals surface area contributed by atoms with Crippen molar-refractivity contribution in [3.8, 4) is 6.07 Å². The molecule has 0 radical (unpaired) electrons. The molecule has 1 rings (SSSR count). The Morgan fingerprint density at radius 3 is 2.50 bits per heavy atom. The highest BCUT2D eigenvalue weighted by atomic mass is 32.2. The first-order valence-electron chi connectivity index (χ1n) is 5.94. The first-order valence-corrected chi connectivity index (χ1v) is 7.38. The zero-order valence-electron chi connectivity index (χ0n) is 11.5. The van der Waals surface area contributed by atoms with Gasteiger partial charge in [0, 0.05) is 6.04 Å². The van der Waals surface area contributed by atoms with Gasteiger partial charge in [-0.15, -0.1) is 0 Å². The van der Waals surface area contributed by atoms with E-state index in [-0.39, 0.29) is 10.5 Å². The fourth-order valence-electron chi connectivity index (χ4n) is 1.75. The molecule has 0 aliphatic rings. The molecule has 108 valence electrons. The summed E-state index contributed by atoms with van der Waals surface area (Å²) in [6.07, 6.45) is 0. The van der Waals surface area contributed by atoms with Crippen molar-refractivity contribution in [2.24, 2.45) is 0 Å². The molecule has 0 aliphatic carbocycles. The number of aliphatic carboxylic acids is 1. The number of carbonyl (C=O) groups is 1. The maximum Gasteiger partial charge on any atom is 0.318 e. The molecule has 0 atom stereocenters. The molecule has 6 nitrogen and oxygen atoms in total. The molecule has 0 bridgehead atoms. The number of hydrogen-bond donors (Lipinski definition) is 1. The zero-order valence-corrected chi connectivity index (χ0v) is 12.3. The Bertz CT molecular complexity index is 659. The van der Waals surface area contributed by atoms with Crippen LogP contribution in [0.5, 0.6) is 0 Å². The molecule has 0 saturated heterocycles. The number of nitriles is 1. The maximum absolute atomic E-state index is 12.6. The van der Waals surface area contributed by atoms with Gasteiger partial charge in [0.15, 0.2) is 0 Å². The number of aryl methyl sites for hydroxylation is 1. The topological polar surface area (TPSA) is 98.5 Å². The average Bonchev–Trinajstić information content (AvgIpc) is 2.35. The summed E-state index contributed by atoms with van der Waals surface area (Å²) < 4.78 is 26.0. The van der Waals surface area contributed by atoms with E-state index in [9.17, 15) is 13.2 Å². The highest BCUT2D eigenvalue weighted by Gasteiger charge is 2.30. The molecule has 0 heterocycles. The summed E-state index contributed by atoms with van der Waals surface area (Å²) in [6.45, 7) is 4.19. The minimum absolute atomic E-state index is 0.0356. The van der Waals surface area contributed by atoms with Gasteiger partial charge in [0.1, 0.15) is 6.54 Å². The van der Waals surface area contributed by atoms with Crippen LogP contribution in [0.2, 0.25) is 0 Å². The lowest BCUT2D eigenvalue weighted by Crippen LogP contribution is -2.40. The number of benzene rings is 1. The summed E-state index contributed by atoms with van der Waals surface area (Å²) in [7, 11) is -3.96. The Hall–Kier alpha value is -1.91. The summed E-state index contributed by atoms with van der Waals surface area (Å²) in [4.78, 5) is 10.8. The third kappa shape index (κ3) is 3.35. The van der Waals surface area contributed by atoms with Crippen LogP contribution in [0.3, 0.4) is 0 Å². The lowest BCUT2D eigenvalue weighted by atomic mass is 10.2. The van der Waals surface area contributed by atoms with E-state index < -0.39 is 28.6 Å². The second-order valence-corrected chi connectivity index (χ2v) is 6.49. The Morgan fingerprint density at radius 1 is 1.45 bits per heavy atom. The highest BCUT2D eigenvalue weighted by molar-refractivity contribution is 7.89. The molecule has 1 aromatic carbocycles. The molecule has 0 saturated carbocycles. The van der Waals surface area contributed by atoms with Gasteiger partial charge in [-0.1, -0.05) is 6.07 Å². The average molecular weight is 296 g/mol. The summed E-state index contributed by atoms with van der Waals surface area (Å²) in [5.41, 5.74) is 0.688. The number of carboxylic acids is 1. The van der Waals surface area contributed by atoms with Gasteiger partial charge in [0.25, 0.3) is 0 Å². The molecule has 0 unspecified atom stereocenters. The van der Waals surface area contributed by atoms with E-state index in [1.807, 2.05) is 6.07 Å². The van der Waals surface area contributed by atoms with Crippen molar-refractivity contribution in [3.05, 3.63) is 29.3 Å². The fourth-order valence-corrected chi connectivity index (χ4v) is 3.59. The first-order chi connectivity index (χ1) is 9.20. The van der Waals surface area contributed by atoms with Crippen molar-refractivity contribution in [2.75, 3.05) is 6.54 Å². The van der Waals surface area contributed by atoms with E-state index >= 15 is 0 Å². The fraction of sp³-hybridized carbons (Fsp3) is 0.385. The first kappa shape index (κ1) is 16.1. The maximum atomic E-state index is 12.6. The van der Waals surface area contributed by atoms with E-state index in [1.54, 1.807) is 20.8 Å². The molecule has 20 heavy (non-hydrogen) atoms.